The van der Waals surface area contributed by atoms with Crippen LogP contribution < -0.4 is 0 Å². The molecule has 0 atom stereocenters. The van der Waals surface area contributed by atoms with Gasteiger partial charge in [-0.05, 0) is 66.6 Å². The molecule has 152 valence electrons. The molecule has 6 rings (SSSR count). The second-order valence-corrected chi connectivity index (χ2v) is 8.41. The van der Waals surface area contributed by atoms with Crippen molar-refractivity contribution >= 4 is 32.3 Å². The summed E-state index contributed by atoms with van der Waals surface area (Å²) < 4.78 is 0. The van der Waals surface area contributed by atoms with Gasteiger partial charge in [0, 0.05) is 0 Å². The van der Waals surface area contributed by atoms with E-state index >= 15 is 0 Å². The topological polar surface area (TPSA) is 0 Å². The lowest BCUT2D eigenvalue weighted by Gasteiger charge is -2.17. The molecule has 6 aromatic carbocycles. The van der Waals surface area contributed by atoms with Crippen LogP contribution in [0.3, 0.4) is 0 Å². The molecule has 0 aromatic heterocycles. The van der Waals surface area contributed by atoms with E-state index in [1.165, 1.54) is 60.1 Å². The van der Waals surface area contributed by atoms with Crippen LogP contribution in [-0.4, -0.2) is 0 Å². The maximum absolute atomic E-state index is 2.33. The first-order valence-electron chi connectivity index (χ1n) is 11.4. The van der Waals surface area contributed by atoms with Crippen molar-refractivity contribution in [3.63, 3.8) is 0 Å². The van der Waals surface area contributed by atoms with Crippen molar-refractivity contribution in [2.45, 2.75) is 13.3 Å². The lowest BCUT2D eigenvalue weighted by molar-refractivity contribution is 1.16. The Balaban J connectivity index is 1.77. The molecular weight excluding hydrogens is 384 g/mol. The molecule has 0 aliphatic rings. The van der Waals surface area contributed by atoms with E-state index in [2.05, 4.69) is 122 Å². The maximum atomic E-state index is 2.33. The van der Waals surface area contributed by atoms with Crippen molar-refractivity contribution in [2.24, 2.45) is 0 Å². The molecule has 0 unspecified atom stereocenters. The molecule has 0 aliphatic carbocycles. The number of hydrogen-bond acceptors (Lipinski definition) is 0. The van der Waals surface area contributed by atoms with E-state index in [0.29, 0.717) is 0 Å². The van der Waals surface area contributed by atoms with Gasteiger partial charge in [0.1, 0.15) is 0 Å². The average molecular weight is 409 g/mol. The van der Waals surface area contributed by atoms with Gasteiger partial charge in [0.25, 0.3) is 0 Å². The first-order chi connectivity index (χ1) is 15.8. The molecule has 0 saturated carbocycles. The molecule has 0 bridgehead atoms. The van der Waals surface area contributed by atoms with Crippen LogP contribution in [0.4, 0.5) is 0 Å². The largest absolute Gasteiger partial charge is 0.0616 e. The lowest BCUT2D eigenvalue weighted by atomic mass is 9.86. The van der Waals surface area contributed by atoms with Crippen molar-refractivity contribution in [3.05, 3.63) is 121 Å². The van der Waals surface area contributed by atoms with Crippen LogP contribution >= 0.6 is 0 Å². The zero-order valence-corrected chi connectivity index (χ0v) is 18.2. The summed E-state index contributed by atoms with van der Waals surface area (Å²) in [7, 11) is 0. The number of aryl methyl sites for hydroxylation is 1. The van der Waals surface area contributed by atoms with Gasteiger partial charge >= 0.3 is 0 Å². The quantitative estimate of drug-likeness (QED) is 0.274. The van der Waals surface area contributed by atoms with E-state index in [0.717, 1.165) is 6.42 Å². The minimum atomic E-state index is 1.02. The third-order valence-electron chi connectivity index (χ3n) is 6.67. The molecule has 0 fully saturated rings. The number of benzene rings is 6. The molecule has 0 heterocycles. The standard InChI is InChI=1S/C32H24/c1-2-22-20-21-31(29-18-8-13-24-11-4-6-15-26(24)29)32-27(22)16-9-19-30(32)28-17-7-12-23-10-3-5-14-25(23)28/h3-21H,2H2,1H3. The summed E-state index contributed by atoms with van der Waals surface area (Å²) in [5.41, 5.74) is 6.59. The third-order valence-corrected chi connectivity index (χ3v) is 6.67. The van der Waals surface area contributed by atoms with Crippen LogP contribution in [0.25, 0.3) is 54.6 Å². The van der Waals surface area contributed by atoms with Gasteiger partial charge in [-0.15, -0.1) is 0 Å². The Morgan fingerprint density at radius 1 is 0.406 bits per heavy atom. The van der Waals surface area contributed by atoms with Gasteiger partial charge in [0.15, 0.2) is 0 Å². The van der Waals surface area contributed by atoms with Gasteiger partial charge < -0.3 is 0 Å². The van der Waals surface area contributed by atoms with E-state index < -0.39 is 0 Å². The van der Waals surface area contributed by atoms with Crippen molar-refractivity contribution in [2.75, 3.05) is 0 Å². The summed E-state index contributed by atoms with van der Waals surface area (Å²) in [5, 5.41) is 7.85. The highest BCUT2D eigenvalue weighted by atomic mass is 14.2. The van der Waals surface area contributed by atoms with E-state index in [-0.39, 0.29) is 0 Å². The Hall–Kier alpha value is -3.90. The molecule has 0 heteroatoms. The van der Waals surface area contributed by atoms with Crippen molar-refractivity contribution in [1.29, 1.82) is 0 Å². The summed E-state index contributed by atoms with van der Waals surface area (Å²) in [6.07, 6.45) is 1.02. The van der Waals surface area contributed by atoms with E-state index in [4.69, 9.17) is 0 Å². The third kappa shape index (κ3) is 2.92. The molecule has 0 saturated heterocycles. The minimum Gasteiger partial charge on any atom is -0.0616 e. The molecule has 0 amide bonds. The van der Waals surface area contributed by atoms with E-state index in [9.17, 15) is 0 Å². The molecular formula is C32H24. The van der Waals surface area contributed by atoms with Crippen LogP contribution in [0, 0.1) is 0 Å². The Labute approximate surface area is 188 Å². The summed E-state index contributed by atoms with van der Waals surface area (Å²) in [6.45, 7) is 2.25. The smallest absolute Gasteiger partial charge is 0.00236 e. The van der Waals surface area contributed by atoms with Crippen molar-refractivity contribution in [3.8, 4) is 22.3 Å². The minimum absolute atomic E-state index is 1.02. The summed E-state index contributed by atoms with van der Waals surface area (Å²) in [6, 6.07) is 42.1. The Kier molecular flexibility index (Phi) is 4.51. The summed E-state index contributed by atoms with van der Waals surface area (Å²) in [5.74, 6) is 0. The highest BCUT2D eigenvalue weighted by Gasteiger charge is 2.15. The first kappa shape index (κ1) is 18.8. The zero-order chi connectivity index (χ0) is 21.5. The van der Waals surface area contributed by atoms with Crippen LogP contribution in [0.2, 0.25) is 0 Å². The van der Waals surface area contributed by atoms with Crippen LogP contribution in [-0.2, 0) is 6.42 Å². The molecule has 0 radical (unpaired) electrons. The second kappa shape index (κ2) is 7.66. The number of fused-ring (bicyclic) bond motifs is 3. The van der Waals surface area contributed by atoms with Gasteiger partial charge in [-0.2, -0.15) is 0 Å². The van der Waals surface area contributed by atoms with Crippen LogP contribution in [0.15, 0.2) is 115 Å². The Bertz CT molecular complexity index is 1510. The fraction of sp³-hybridized carbons (Fsp3) is 0.0625. The monoisotopic (exact) mass is 408 g/mol. The molecule has 0 N–H and O–H groups in total. The first-order valence-corrected chi connectivity index (χ1v) is 11.4. The fourth-order valence-corrected chi connectivity index (χ4v) is 5.14. The second-order valence-electron chi connectivity index (χ2n) is 8.41. The molecule has 0 nitrogen and oxygen atoms in total. The number of hydrogen-bond donors (Lipinski definition) is 0. The van der Waals surface area contributed by atoms with Crippen molar-refractivity contribution < 1.29 is 0 Å². The highest BCUT2D eigenvalue weighted by molar-refractivity contribution is 6.14. The van der Waals surface area contributed by atoms with Gasteiger partial charge in [-0.3, -0.25) is 0 Å². The van der Waals surface area contributed by atoms with Crippen LogP contribution in [0.5, 0.6) is 0 Å². The Morgan fingerprint density at radius 3 is 1.50 bits per heavy atom. The van der Waals surface area contributed by atoms with Gasteiger partial charge in [0.05, 0.1) is 0 Å². The molecule has 32 heavy (non-hydrogen) atoms. The average Bonchev–Trinajstić information content (AvgIpc) is 2.87. The zero-order valence-electron chi connectivity index (χ0n) is 18.2. The lowest BCUT2D eigenvalue weighted by Crippen LogP contribution is -1.92. The van der Waals surface area contributed by atoms with E-state index in [1.807, 2.05) is 0 Å². The van der Waals surface area contributed by atoms with E-state index in [1.54, 1.807) is 0 Å². The molecule has 0 spiro atoms. The predicted octanol–water partition coefficient (Wildman–Crippen LogP) is 9.04. The van der Waals surface area contributed by atoms with Crippen LogP contribution in [0.1, 0.15) is 12.5 Å². The summed E-state index contributed by atoms with van der Waals surface area (Å²) in [4.78, 5) is 0. The highest BCUT2D eigenvalue weighted by Crippen LogP contribution is 2.42. The Morgan fingerprint density at radius 2 is 0.875 bits per heavy atom. The molecule has 6 aromatic rings. The van der Waals surface area contributed by atoms with Gasteiger partial charge in [-0.1, -0.05) is 122 Å². The van der Waals surface area contributed by atoms with Crippen molar-refractivity contribution in [1.82, 2.24) is 0 Å². The normalized spacial score (nSPS) is 11.4. The van der Waals surface area contributed by atoms with Gasteiger partial charge in [-0.25, -0.2) is 0 Å². The fourth-order valence-electron chi connectivity index (χ4n) is 5.14. The SMILES string of the molecule is CCc1ccc(-c2cccc3ccccc23)c2c(-c3cccc4ccccc34)cccc12. The number of rotatable bonds is 3. The van der Waals surface area contributed by atoms with Gasteiger partial charge in [0.2, 0.25) is 0 Å². The summed E-state index contributed by atoms with van der Waals surface area (Å²) >= 11 is 0. The molecule has 0 aliphatic heterocycles. The maximum Gasteiger partial charge on any atom is -0.00236 e. The predicted molar refractivity (Wildman–Crippen MR) is 139 cm³/mol.